The molecule has 0 aliphatic heterocycles. The van der Waals surface area contributed by atoms with Gasteiger partial charge in [0.2, 0.25) is 0 Å². The van der Waals surface area contributed by atoms with Crippen LogP contribution in [0.1, 0.15) is 47.8 Å². The van der Waals surface area contributed by atoms with E-state index in [-0.39, 0.29) is 18.4 Å². The van der Waals surface area contributed by atoms with Crippen LogP contribution in [0.25, 0.3) is 10.8 Å². The Labute approximate surface area is 173 Å². The molecular weight excluding hydrogens is 370 g/mol. The fourth-order valence-corrected chi connectivity index (χ4v) is 3.42. The van der Waals surface area contributed by atoms with Crippen LogP contribution < -0.4 is 5.32 Å². The van der Waals surface area contributed by atoms with E-state index in [0.29, 0.717) is 18.2 Å². The molecule has 0 unspecified atom stereocenters. The molecule has 1 atom stereocenters. The van der Waals surface area contributed by atoms with Crippen molar-refractivity contribution in [2.45, 2.75) is 32.7 Å². The first-order valence-corrected chi connectivity index (χ1v) is 9.66. The van der Waals surface area contributed by atoms with E-state index in [0.717, 1.165) is 19.4 Å². The maximum atomic E-state index is 11.8. The van der Waals surface area contributed by atoms with Gasteiger partial charge in [-0.3, -0.25) is 0 Å². The van der Waals surface area contributed by atoms with Crippen molar-refractivity contribution in [1.29, 1.82) is 0 Å². The summed E-state index contributed by atoms with van der Waals surface area (Å²) in [5, 5.41) is 6.21. The Morgan fingerprint density at radius 1 is 1.04 bits per heavy atom. The van der Waals surface area contributed by atoms with E-state index in [4.69, 9.17) is 4.74 Å². The quantitative estimate of drug-likeness (QED) is 0.390. The van der Waals surface area contributed by atoms with Gasteiger partial charge in [0, 0.05) is 6.04 Å². The van der Waals surface area contributed by atoms with E-state index in [1.54, 1.807) is 0 Å². The molecular formula is C24H28ClNO2. The molecule has 28 heavy (non-hydrogen) atoms. The lowest BCUT2D eigenvalue weighted by molar-refractivity contribution is 0.0526. The topological polar surface area (TPSA) is 38.3 Å². The maximum Gasteiger partial charge on any atom is 0.338 e. The Morgan fingerprint density at radius 2 is 1.79 bits per heavy atom. The summed E-state index contributed by atoms with van der Waals surface area (Å²) < 4.78 is 5.07. The summed E-state index contributed by atoms with van der Waals surface area (Å²) in [6.45, 7) is 5.36. The van der Waals surface area contributed by atoms with E-state index in [2.05, 4.69) is 60.8 Å². The highest BCUT2D eigenvalue weighted by molar-refractivity contribution is 5.89. The van der Waals surface area contributed by atoms with Crippen molar-refractivity contribution in [3.63, 3.8) is 0 Å². The van der Waals surface area contributed by atoms with E-state index in [1.807, 2.05) is 25.1 Å². The molecule has 4 heteroatoms. The minimum atomic E-state index is -0.248. The van der Waals surface area contributed by atoms with Crippen molar-refractivity contribution < 1.29 is 9.53 Å². The van der Waals surface area contributed by atoms with E-state index in [1.165, 1.54) is 21.9 Å². The molecule has 0 saturated carbocycles. The second kappa shape index (κ2) is 10.8. The molecule has 0 fully saturated rings. The summed E-state index contributed by atoms with van der Waals surface area (Å²) in [5.41, 5.74) is 3.13. The van der Waals surface area contributed by atoms with Gasteiger partial charge in [-0.05, 0) is 67.3 Å². The SMILES string of the molecule is CCOC(=O)c1cccc(CCCN[C@H](C)c2cccc3ccccc23)c1.Cl. The first-order chi connectivity index (χ1) is 13.2. The largest absolute Gasteiger partial charge is 0.462 e. The van der Waals surface area contributed by atoms with Gasteiger partial charge in [0.1, 0.15) is 0 Å². The molecule has 0 bridgehead atoms. The predicted molar refractivity (Wildman–Crippen MR) is 118 cm³/mol. The number of ether oxygens (including phenoxy) is 1. The number of halogens is 1. The van der Waals surface area contributed by atoms with Crippen LogP contribution >= 0.6 is 12.4 Å². The summed E-state index contributed by atoms with van der Waals surface area (Å²) in [6, 6.07) is 23.0. The number of benzene rings is 3. The summed E-state index contributed by atoms with van der Waals surface area (Å²) in [5.74, 6) is -0.248. The molecule has 3 nitrogen and oxygen atoms in total. The van der Waals surface area contributed by atoms with Crippen molar-refractivity contribution in [3.8, 4) is 0 Å². The second-order valence-electron chi connectivity index (χ2n) is 6.77. The highest BCUT2D eigenvalue weighted by Gasteiger charge is 2.09. The van der Waals surface area contributed by atoms with Crippen LogP contribution in [0.3, 0.4) is 0 Å². The van der Waals surface area contributed by atoms with E-state index in [9.17, 15) is 4.79 Å². The smallest absolute Gasteiger partial charge is 0.338 e. The van der Waals surface area contributed by atoms with Gasteiger partial charge in [0.25, 0.3) is 0 Å². The molecule has 3 aromatic carbocycles. The first kappa shape index (κ1) is 21.9. The number of hydrogen-bond donors (Lipinski definition) is 1. The van der Waals surface area contributed by atoms with Crippen LogP contribution in [0.2, 0.25) is 0 Å². The van der Waals surface area contributed by atoms with Crippen LogP contribution in [-0.2, 0) is 11.2 Å². The molecule has 0 aliphatic rings. The molecule has 1 N–H and O–H groups in total. The second-order valence-corrected chi connectivity index (χ2v) is 6.77. The molecule has 0 aliphatic carbocycles. The Bertz CT molecular complexity index is 905. The van der Waals surface area contributed by atoms with Gasteiger partial charge in [-0.1, -0.05) is 54.6 Å². The number of hydrogen-bond acceptors (Lipinski definition) is 3. The normalized spacial score (nSPS) is 11.6. The van der Waals surface area contributed by atoms with Crippen LogP contribution in [0.15, 0.2) is 66.7 Å². The van der Waals surface area contributed by atoms with Gasteiger partial charge in [-0.15, -0.1) is 12.4 Å². The fraction of sp³-hybridized carbons (Fsp3) is 0.292. The van der Waals surface area contributed by atoms with Crippen molar-refractivity contribution in [3.05, 3.63) is 83.4 Å². The first-order valence-electron chi connectivity index (χ1n) is 9.66. The van der Waals surface area contributed by atoms with Crippen LogP contribution in [-0.4, -0.2) is 19.1 Å². The monoisotopic (exact) mass is 397 g/mol. The van der Waals surface area contributed by atoms with Gasteiger partial charge >= 0.3 is 5.97 Å². The summed E-state index contributed by atoms with van der Waals surface area (Å²) in [4.78, 5) is 11.8. The van der Waals surface area contributed by atoms with Gasteiger partial charge in [-0.25, -0.2) is 4.79 Å². The minimum absolute atomic E-state index is 0. The predicted octanol–water partition coefficient (Wildman–Crippen LogP) is 5.72. The van der Waals surface area contributed by atoms with Crippen molar-refractivity contribution in [1.82, 2.24) is 5.32 Å². The zero-order valence-electron chi connectivity index (χ0n) is 16.5. The number of nitrogens with one attached hydrogen (secondary N) is 1. The molecule has 0 heterocycles. The highest BCUT2D eigenvalue weighted by atomic mass is 35.5. The van der Waals surface area contributed by atoms with Crippen molar-refractivity contribution >= 4 is 29.1 Å². The van der Waals surface area contributed by atoms with E-state index < -0.39 is 0 Å². The van der Waals surface area contributed by atoms with Crippen LogP contribution in [0, 0.1) is 0 Å². The Hall–Kier alpha value is -2.36. The Balaban J connectivity index is 0.00000280. The average molecular weight is 398 g/mol. The molecule has 0 spiro atoms. The third kappa shape index (κ3) is 5.57. The van der Waals surface area contributed by atoms with Gasteiger partial charge in [-0.2, -0.15) is 0 Å². The van der Waals surface area contributed by atoms with Gasteiger partial charge in [0.05, 0.1) is 12.2 Å². The van der Waals surface area contributed by atoms with Crippen LogP contribution in [0.4, 0.5) is 0 Å². The molecule has 0 aromatic heterocycles. The summed E-state index contributed by atoms with van der Waals surface area (Å²) >= 11 is 0. The number of esters is 1. The molecule has 3 aromatic rings. The summed E-state index contributed by atoms with van der Waals surface area (Å²) in [7, 11) is 0. The zero-order chi connectivity index (χ0) is 19.1. The number of carbonyl (C=O) groups is 1. The van der Waals surface area contributed by atoms with Crippen LogP contribution in [0.5, 0.6) is 0 Å². The highest BCUT2D eigenvalue weighted by Crippen LogP contribution is 2.24. The van der Waals surface area contributed by atoms with Gasteiger partial charge < -0.3 is 10.1 Å². The van der Waals surface area contributed by atoms with Crippen molar-refractivity contribution in [2.24, 2.45) is 0 Å². The zero-order valence-corrected chi connectivity index (χ0v) is 17.3. The number of carbonyl (C=O) groups excluding carboxylic acids is 1. The number of aryl methyl sites for hydroxylation is 1. The molecule has 3 rings (SSSR count). The van der Waals surface area contributed by atoms with E-state index >= 15 is 0 Å². The maximum absolute atomic E-state index is 11.8. The third-order valence-electron chi connectivity index (χ3n) is 4.82. The lowest BCUT2D eigenvalue weighted by Gasteiger charge is -2.16. The Kier molecular flexibility index (Phi) is 8.49. The molecule has 0 radical (unpaired) electrons. The van der Waals surface area contributed by atoms with Gasteiger partial charge in [0.15, 0.2) is 0 Å². The lowest BCUT2D eigenvalue weighted by Crippen LogP contribution is -2.20. The molecule has 148 valence electrons. The molecule has 0 amide bonds. The standard InChI is InChI=1S/C24H27NO2.ClH/c1-3-27-24(26)21-13-6-9-19(17-21)10-8-16-25-18(2)22-15-7-12-20-11-4-5-14-23(20)22;/h4-7,9,11-15,17-18,25H,3,8,10,16H2,1-2H3;1H/t18-;/m1./s1. The Morgan fingerprint density at radius 3 is 2.61 bits per heavy atom. The number of fused-ring (bicyclic) bond motifs is 1. The molecule has 0 saturated heterocycles. The number of rotatable bonds is 8. The van der Waals surface area contributed by atoms with Crippen molar-refractivity contribution in [2.75, 3.05) is 13.2 Å². The summed E-state index contributed by atoms with van der Waals surface area (Å²) in [6.07, 6.45) is 1.95. The average Bonchev–Trinajstić information content (AvgIpc) is 2.71. The lowest BCUT2D eigenvalue weighted by atomic mass is 9.99. The third-order valence-corrected chi connectivity index (χ3v) is 4.82. The minimum Gasteiger partial charge on any atom is -0.462 e. The fourth-order valence-electron chi connectivity index (χ4n) is 3.42.